The molecule has 0 bridgehead atoms. The number of thiophene rings is 1. The Bertz CT molecular complexity index is 3850. The van der Waals surface area contributed by atoms with Gasteiger partial charge in [-0.05, 0) is 98.2 Å². The Morgan fingerprint density at radius 3 is 1.66 bits per heavy atom. The SMILES string of the molecule is [2H]c1c([2H])c([2H])c(-c2ccc(-c3ccc(N(c4ccc(-c5ccc6sc7ccccc7c6c5)cc4)c4cccc5c4oc4c(-c6ccccc6)cccc45)cc3)c3ccccc23)c([2H])c1[2H]. The summed E-state index contributed by atoms with van der Waals surface area (Å²) in [5.41, 5.74) is 11.6. The Morgan fingerprint density at radius 2 is 0.918 bits per heavy atom. The van der Waals surface area contributed by atoms with Gasteiger partial charge < -0.3 is 9.32 Å². The molecule has 0 aliphatic carbocycles. The summed E-state index contributed by atoms with van der Waals surface area (Å²) in [4.78, 5) is 2.26. The van der Waals surface area contributed by atoms with Crippen molar-refractivity contribution >= 4 is 81.3 Å². The van der Waals surface area contributed by atoms with Crippen LogP contribution in [0.4, 0.5) is 17.1 Å². The zero-order valence-corrected chi connectivity index (χ0v) is 33.6. The van der Waals surface area contributed by atoms with Crippen LogP contribution in [0.1, 0.15) is 6.85 Å². The molecule has 10 aromatic carbocycles. The van der Waals surface area contributed by atoms with E-state index in [1.807, 2.05) is 53.8 Å². The van der Waals surface area contributed by atoms with Crippen molar-refractivity contribution in [3.63, 3.8) is 0 Å². The molecule has 0 amide bonds. The smallest absolute Gasteiger partial charge is 0.159 e. The van der Waals surface area contributed by atoms with Crippen LogP contribution in [-0.2, 0) is 0 Å². The number of para-hydroxylation sites is 2. The number of nitrogens with zero attached hydrogens (tertiary/aromatic N) is 1. The molecular weight excluding hydrogens is 759 g/mol. The van der Waals surface area contributed by atoms with Crippen LogP contribution in [0.15, 0.2) is 229 Å². The molecule has 3 heteroatoms. The monoisotopic (exact) mass is 800 g/mol. The summed E-state index contributed by atoms with van der Waals surface area (Å²) in [5, 5.41) is 6.34. The molecule has 286 valence electrons. The van der Waals surface area contributed by atoms with Gasteiger partial charge in [0.15, 0.2) is 5.58 Å². The lowest BCUT2D eigenvalue weighted by atomic mass is 9.92. The van der Waals surface area contributed by atoms with Gasteiger partial charge in [-0.3, -0.25) is 0 Å². The minimum Gasteiger partial charge on any atom is -0.453 e. The van der Waals surface area contributed by atoms with Crippen LogP contribution in [0.5, 0.6) is 0 Å². The molecule has 61 heavy (non-hydrogen) atoms. The standard InChI is InChI=1S/C58H37NOS/c1-3-13-39(14-4-1)45-34-35-46(49-18-8-7-17-48(45)49)41-27-32-44(33-28-41)59(43-30-25-38(26-31-43)42-29-36-56-53(37-42)50-19-9-10-24-55(50)61-56)54-23-12-22-52-51-21-11-20-47(57(51)60-58(52)54)40-15-5-2-6-16-40/h1-37H/i1D,3D,4D,13D,14D. The zero-order valence-electron chi connectivity index (χ0n) is 37.7. The van der Waals surface area contributed by atoms with Crippen LogP contribution in [0, 0.1) is 0 Å². The van der Waals surface area contributed by atoms with E-state index in [-0.39, 0.29) is 29.7 Å². The number of furan rings is 1. The second-order valence-corrected chi connectivity index (χ2v) is 16.3. The maximum absolute atomic E-state index is 8.72. The number of hydrogen-bond acceptors (Lipinski definition) is 3. The van der Waals surface area contributed by atoms with E-state index in [0.29, 0.717) is 5.56 Å². The topological polar surface area (TPSA) is 16.4 Å². The molecule has 0 atom stereocenters. The highest BCUT2D eigenvalue weighted by molar-refractivity contribution is 7.25. The van der Waals surface area contributed by atoms with E-state index in [1.54, 1.807) is 0 Å². The van der Waals surface area contributed by atoms with Gasteiger partial charge in [0.2, 0.25) is 0 Å². The second-order valence-electron chi connectivity index (χ2n) is 15.2. The van der Waals surface area contributed by atoms with Crippen molar-refractivity contribution in [2.75, 3.05) is 4.90 Å². The molecule has 0 radical (unpaired) electrons. The maximum Gasteiger partial charge on any atom is 0.159 e. The van der Waals surface area contributed by atoms with Gasteiger partial charge in [-0.1, -0.05) is 176 Å². The molecule has 0 saturated carbocycles. The van der Waals surface area contributed by atoms with Crippen LogP contribution in [0.25, 0.3) is 97.4 Å². The van der Waals surface area contributed by atoms with Crippen molar-refractivity contribution in [3.05, 3.63) is 224 Å². The summed E-state index contributed by atoms with van der Waals surface area (Å²) in [7, 11) is 0. The van der Waals surface area contributed by atoms with Gasteiger partial charge >= 0.3 is 0 Å². The molecule has 0 saturated heterocycles. The van der Waals surface area contributed by atoms with Gasteiger partial charge in [0.05, 0.1) is 12.5 Å². The minimum absolute atomic E-state index is 0.192. The summed E-state index contributed by atoms with van der Waals surface area (Å²) in [6, 6.07) is 65.8. The first kappa shape index (κ1) is 30.3. The predicted molar refractivity (Wildman–Crippen MR) is 261 cm³/mol. The van der Waals surface area contributed by atoms with Crippen LogP contribution >= 0.6 is 11.3 Å². The van der Waals surface area contributed by atoms with Crippen molar-refractivity contribution in [2.24, 2.45) is 0 Å². The van der Waals surface area contributed by atoms with E-state index in [4.69, 9.17) is 11.3 Å². The molecule has 2 heterocycles. The minimum atomic E-state index is -0.405. The van der Waals surface area contributed by atoms with Crippen LogP contribution in [0.3, 0.4) is 0 Å². The molecule has 2 aromatic heterocycles. The normalized spacial score (nSPS) is 12.8. The fourth-order valence-electron chi connectivity index (χ4n) is 8.91. The van der Waals surface area contributed by atoms with Crippen molar-refractivity contribution in [1.29, 1.82) is 0 Å². The van der Waals surface area contributed by atoms with Gasteiger partial charge in [-0.15, -0.1) is 11.3 Å². The molecule has 12 aromatic rings. The Balaban J connectivity index is 0.995. The Hall–Kier alpha value is -7.72. The number of hydrogen-bond donors (Lipinski definition) is 0. The molecule has 0 spiro atoms. The Kier molecular flexibility index (Phi) is 7.23. The molecule has 0 N–H and O–H groups in total. The number of fused-ring (bicyclic) bond motifs is 7. The molecule has 0 aliphatic rings. The summed E-state index contributed by atoms with van der Waals surface area (Å²) in [6.07, 6.45) is 0. The fourth-order valence-corrected chi connectivity index (χ4v) is 9.99. The average Bonchev–Trinajstić information content (AvgIpc) is 3.95. The number of anilines is 3. The van der Waals surface area contributed by atoms with Crippen LogP contribution in [0.2, 0.25) is 0 Å². The van der Waals surface area contributed by atoms with Crippen molar-refractivity contribution in [2.45, 2.75) is 0 Å². The average molecular weight is 801 g/mol. The van der Waals surface area contributed by atoms with E-state index < -0.39 is 6.04 Å². The lowest BCUT2D eigenvalue weighted by Gasteiger charge is -2.26. The molecule has 0 aliphatic heterocycles. The van der Waals surface area contributed by atoms with Crippen LogP contribution in [-0.4, -0.2) is 0 Å². The second kappa shape index (κ2) is 14.5. The van der Waals surface area contributed by atoms with E-state index in [2.05, 4.69) is 157 Å². The zero-order chi connectivity index (χ0) is 44.6. The highest BCUT2D eigenvalue weighted by Gasteiger charge is 2.21. The first-order valence-electron chi connectivity index (χ1n) is 22.8. The third-order valence-electron chi connectivity index (χ3n) is 11.8. The van der Waals surface area contributed by atoms with Gasteiger partial charge in [0.1, 0.15) is 5.58 Å². The summed E-state index contributed by atoms with van der Waals surface area (Å²) in [6.45, 7) is 0. The molecular formula is C58H37NOS. The van der Waals surface area contributed by atoms with Gasteiger partial charge in [0.25, 0.3) is 0 Å². The largest absolute Gasteiger partial charge is 0.453 e. The predicted octanol–water partition coefficient (Wildman–Crippen LogP) is 17.2. The van der Waals surface area contributed by atoms with E-state index >= 15 is 0 Å². The van der Waals surface area contributed by atoms with Crippen LogP contribution < -0.4 is 4.90 Å². The lowest BCUT2D eigenvalue weighted by molar-refractivity contribution is 0.670. The van der Waals surface area contributed by atoms with Gasteiger partial charge in [-0.2, -0.15) is 0 Å². The van der Waals surface area contributed by atoms with E-state index in [0.717, 1.165) is 83.2 Å². The first-order chi connectivity index (χ1) is 32.3. The highest BCUT2D eigenvalue weighted by atomic mass is 32.1. The molecule has 0 unspecified atom stereocenters. The number of rotatable bonds is 7. The Labute approximate surface area is 364 Å². The number of benzene rings is 10. The lowest BCUT2D eigenvalue weighted by Crippen LogP contribution is -2.10. The summed E-state index contributed by atoms with van der Waals surface area (Å²) in [5.74, 6) is 0. The third-order valence-corrected chi connectivity index (χ3v) is 12.9. The van der Waals surface area contributed by atoms with Crippen molar-refractivity contribution in [1.82, 2.24) is 0 Å². The summed E-state index contributed by atoms with van der Waals surface area (Å²) >= 11 is 1.82. The van der Waals surface area contributed by atoms with Gasteiger partial charge in [0, 0.05) is 47.9 Å². The maximum atomic E-state index is 8.72. The van der Waals surface area contributed by atoms with Gasteiger partial charge in [-0.25, -0.2) is 0 Å². The quantitative estimate of drug-likeness (QED) is 0.160. The first-order valence-corrected chi connectivity index (χ1v) is 21.1. The highest BCUT2D eigenvalue weighted by Crippen LogP contribution is 2.45. The van der Waals surface area contributed by atoms with Crippen molar-refractivity contribution < 1.29 is 11.3 Å². The van der Waals surface area contributed by atoms with E-state index in [1.165, 1.54) is 20.2 Å². The van der Waals surface area contributed by atoms with E-state index in [9.17, 15) is 0 Å². The third kappa shape index (κ3) is 6.01. The fraction of sp³-hybridized carbons (Fsp3) is 0. The summed E-state index contributed by atoms with van der Waals surface area (Å²) < 4.78 is 51.8. The van der Waals surface area contributed by atoms with Crippen molar-refractivity contribution in [3.8, 4) is 44.5 Å². The molecule has 12 rings (SSSR count). The Morgan fingerprint density at radius 1 is 0.361 bits per heavy atom. The molecule has 2 nitrogen and oxygen atoms in total. The molecule has 0 fully saturated rings.